The summed E-state index contributed by atoms with van der Waals surface area (Å²) in [5.74, 6) is 0.113. The number of hydrogen-bond donors (Lipinski definition) is 4. The average molecular weight is 276 g/mol. The SMILES string of the molecule is NC(CC(NCC(=O)NC1CC1)c1ccccc1)=NO. The lowest BCUT2D eigenvalue weighted by atomic mass is 10.0. The maximum atomic E-state index is 11.7. The van der Waals surface area contributed by atoms with Crippen LogP contribution in [-0.2, 0) is 4.79 Å². The van der Waals surface area contributed by atoms with E-state index in [2.05, 4.69) is 15.8 Å². The van der Waals surface area contributed by atoms with Crippen molar-refractivity contribution in [1.82, 2.24) is 10.6 Å². The van der Waals surface area contributed by atoms with Crippen molar-refractivity contribution in [1.29, 1.82) is 0 Å². The van der Waals surface area contributed by atoms with Gasteiger partial charge in [-0.05, 0) is 18.4 Å². The van der Waals surface area contributed by atoms with Crippen LogP contribution in [0.3, 0.4) is 0 Å². The molecule has 6 nitrogen and oxygen atoms in total. The van der Waals surface area contributed by atoms with E-state index in [0.717, 1.165) is 18.4 Å². The Bertz CT molecular complexity index is 471. The summed E-state index contributed by atoms with van der Waals surface area (Å²) in [4.78, 5) is 11.7. The highest BCUT2D eigenvalue weighted by molar-refractivity contribution is 5.81. The summed E-state index contributed by atoms with van der Waals surface area (Å²) in [6.07, 6.45) is 2.48. The van der Waals surface area contributed by atoms with Crippen molar-refractivity contribution in [3.8, 4) is 0 Å². The zero-order valence-electron chi connectivity index (χ0n) is 11.2. The Balaban J connectivity index is 1.93. The van der Waals surface area contributed by atoms with Gasteiger partial charge in [-0.1, -0.05) is 35.5 Å². The first-order valence-corrected chi connectivity index (χ1v) is 6.73. The molecule has 1 atom stereocenters. The fourth-order valence-corrected chi connectivity index (χ4v) is 1.97. The monoisotopic (exact) mass is 276 g/mol. The predicted molar refractivity (Wildman–Crippen MR) is 76.4 cm³/mol. The minimum absolute atomic E-state index is 0.0204. The number of hydrogen-bond acceptors (Lipinski definition) is 4. The third-order valence-electron chi connectivity index (χ3n) is 3.20. The molecule has 20 heavy (non-hydrogen) atoms. The van der Waals surface area contributed by atoms with Gasteiger partial charge in [-0.2, -0.15) is 0 Å². The van der Waals surface area contributed by atoms with Gasteiger partial charge in [0.1, 0.15) is 5.84 Å². The summed E-state index contributed by atoms with van der Waals surface area (Å²) in [7, 11) is 0. The highest BCUT2D eigenvalue weighted by Crippen LogP contribution is 2.19. The van der Waals surface area contributed by atoms with Crippen LogP contribution in [0.2, 0.25) is 0 Å². The molecule has 0 bridgehead atoms. The molecule has 0 aromatic heterocycles. The fraction of sp³-hybridized carbons (Fsp3) is 0.429. The standard InChI is InChI=1S/C14H20N4O2/c15-13(18-20)8-12(10-4-2-1-3-5-10)16-9-14(19)17-11-6-7-11/h1-5,11-12,16,20H,6-9H2,(H2,15,18)(H,17,19). The topological polar surface area (TPSA) is 99.7 Å². The second-order valence-electron chi connectivity index (χ2n) is 4.98. The van der Waals surface area contributed by atoms with Crippen LogP contribution >= 0.6 is 0 Å². The third kappa shape index (κ3) is 4.55. The van der Waals surface area contributed by atoms with Crippen molar-refractivity contribution in [3.63, 3.8) is 0 Å². The number of nitrogens with zero attached hydrogens (tertiary/aromatic N) is 1. The van der Waals surface area contributed by atoms with E-state index in [0.29, 0.717) is 12.5 Å². The molecule has 108 valence electrons. The van der Waals surface area contributed by atoms with E-state index in [1.165, 1.54) is 0 Å². The van der Waals surface area contributed by atoms with Gasteiger partial charge in [0.15, 0.2) is 0 Å². The van der Waals surface area contributed by atoms with E-state index in [9.17, 15) is 4.79 Å². The maximum Gasteiger partial charge on any atom is 0.234 e. The summed E-state index contributed by atoms with van der Waals surface area (Å²) < 4.78 is 0. The van der Waals surface area contributed by atoms with Crippen LogP contribution < -0.4 is 16.4 Å². The maximum absolute atomic E-state index is 11.7. The Hall–Kier alpha value is -2.08. The Morgan fingerprint density at radius 3 is 2.70 bits per heavy atom. The average Bonchev–Trinajstić information content (AvgIpc) is 3.28. The lowest BCUT2D eigenvalue weighted by molar-refractivity contribution is -0.120. The van der Waals surface area contributed by atoms with Crippen molar-refractivity contribution in [2.24, 2.45) is 10.9 Å². The number of oxime groups is 1. The van der Waals surface area contributed by atoms with E-state index in [1.807, 2.05) is 30.3 Å². The quantitative estimate of drug-likeness (QED) is 0.255. The van der Waals surface area contributed by atoms with Gasteiger partial charge in [0.25, 0.3) is 0 Å². The summed E-state index contributed by atoms with van der Waals surface area (Å²) in [6, 6.07) is 9.84. The zero-order valence-corrected chi connectivity index (χ0v) is 11.2. The van der Waals surface area contributed by atoms with Gasteiger partial charge in [-0.25, -0.2) is 0 Å². The number of nitrogens with one attached hydrogen (secondary N) is 2. The number of benzene rings is 1. The number of rotatable bonds is 7. The molecule has 5 N–H and O–H groups in total. The molecule has 1 saturated carbocycles. The van der Waals surface area contributed by atoms with Gasteiger partial charge in [-0.15, -0.1) is 0 Å². The lowest BCUT2D eigenvalue weighted by Crippen LogP contribution is -2.37. The first-order chi connectivity index (χ1) is 9.69. The Morgan fingerprint density at radius 2 is 2.10 bits per heavy atom. The molecule has 1 aromatic rings. The molecule has 1 fully saturated rings. The molecule has 1 amide bonds. The van der Waals surface area contributed by atoms with Gasteiger partial charge in [0.05, 0.1) is 6.54 Å². The highest BCUT2D eigenvalue weighted by Gasteiger charge is 2.23. The van der Waals surface area contributed by atoms with Crippen LogP contribution in [0.1, 0.15) is 30.9 Å². The van der Waals surface area contributed by atoms with Gasteiger partial charge < -0.3 is 21.6 Å². The first-order valence-electron chi connectivity index (χ1n) is 6.73. The second-order valence-corrected chi connectivity index (χ2v) is 4.98. The van der Waals surface area contributed by atoms with Crippen molar-refractivity contribution < 1.29 is 10.0 Å². The predicted octanol–water partition coefficient (Wildman–Crippen LogP) is 0.732. The van der Waals surface area contributed by atoms with E-state index in [1.54, 1.807) is 0 Å². The van der Waals surface area contributed by atoms with Gasteiger partial charge in [0, 0.05) is 18.5 Å². The highest BCUT2D eigenvalue weighted by atomic mass is 16.4. The molecule has 1 aromatic carbocycles. The minimum atomic E-state index is -0.156. The van der Waals surface area contributed by atoms with Gasteiger partial charge >= 0.3 is 0 Å². The number of amidine groups is 1. The van der Waals surface area contributed by atoms with Crippen LogP contribution in [0, 0.1) is 0 Å². The number of carbonyl (C=O) groups is 1. The summed E-state index contributed by atoms with van der Waals surface area (Å²) in [6.45, 7) is 0.217. The number of amides is 1. The van der Waals surface area contributed by atoms with E-state index in [-0.39, 0.29) is 24.3 Å². The summed E-state index contributed by atoms with van der Waals surface area (Å²) in [5.41, 5.74) is 6.57. The van der Waals surface area contributed by atoms with Crippen molar-refractivity contribution >= 4 is 11.7 Å². The fourth-order valence-electron chi connectivity index (χ4n) is 1.97. The molecular formula is C14H20N4O2. The molecule has 2 rings (SSSR count). The molecule has 1 aliphatic rings. The minimum Gasteiger partial charge on any atom is -0.409 e. The van der Waals surface area contributed by atoms with Gasteiger partial charge in [-0.3, -0.25) is 4.79 Å². The molecule has 1 aliphatic carbocycles. The molecule has 1 unspecified atom stereocenters. The third-order valence-corrected chi connectivity index (χ3v) is 3.20. The van der Waals surface area contributed by atoms with Crippen molar-refractivity contribution in [2.75, 3.05) is 6.54 Å². The molecule has 0 radical (unpaired) electrons. The Morgan fingerprint density at radius 1 is 1.40 bits per heavy atom. The van der Waals surface area contributed by atoms with E-state index < -0.39 is 0 Å². The molecular weight excluding hydrogens is 256 g/mol. The largest absolute Gasteiger partial charge is 0.409 e. The van der Waals surface area contributed by atoms with Crippen molar-refractivity contribution in [3.05, 3.63) is 35.9 Å². The summed E-state index contributed by atoms with van der Waals surface area (Å²) in [5, 5.41) is 17.8. The van der Waals surface area contributed by atoms with Crippen LogP contribution in [-0.4, -0.2) is 29.5 Å². The van der Waals surface area contributed by atoms with Gasteiger partial charge in [0.2, 0.25) is 5.91 Å². The Labute approximate surface area is 118 Å². The second kappa shape index (κ2) is 6.91. The Kier molecular flexibility index (Phi) is 4.95. The smallest absolute Gasteiger partial charge is 0.234 e. The summed E-state index contributed by atoms with van der Waals surface area (Å²) >= 11 is 0. The first kappa shape index (κ1) is 14.3. The van der Waals surface area contributed by atoms with Crippen LogP contribution in [0.15, 0.2) is 35.5 Å². The number of carbonyl (C=O) groups excluding carboxylic acids is 1. The molecule has 0 heterocycles. The molecule has 0 saturated heterocycles. The normalized spacial score (nSPS) is 16.7. The molecule has 6 heteroatoms. The number of nitrogens with two attached hydrogens (primary N) is 1. The molecule has 0 spiro atoms. The van der Waals surface area contributed by atoms with E-state index >= 15 is 0 Å². The van der Waals surface area contributed by atoms with Crippen LogP contribution in [0.4, 0.5) is 0 Å². The van der Waals surface area contributed by atoms with Crippen LogP contribution in [0.25, 0.3) is 0 Å². The lowest BCUT2D eigenvalue weighted by Gasteiger charge is -2.18. The van der Waals surface area contributed by atoms with Crippen molar-refractivity contribution in [2.45, 2.75) is 31.3 Å². The molecule has 0 aliphatic heterocycles. The zero-order chi connectivity index (χ0) is 14.4. The van der Waals surface area contributed by atoms with Crippen LogP contribution in [0.5, 0.6) is 0 Å². The van der Waals surface area contributed by atoms with E-state index in [4.69, 9.17) is 10.9 Å².